The van der Waals surface area contributed by atoms with Crippen molar-refractivity contribution in [2.45, 2.75) is 18.6 Å². The van der Waals surface area contributed by atoms with Crippen molar-refractivity contribution in [3.05, 3.63) is 53.3 Å². The third-order valence-corrected chi connectivity index (χ3v) is 4.71. The fourth-order valence-corrected chi connectivity index (χ4v) is 3.59. The number of fused-ring (bicyclic) bond motifs is 4. The van der Waals surface area contributed by atoms with Gasteiger partial charge in [-0.25, -0.2) is 13.9 Å². The number of carbonyl (C=O) groups excluding carboxylic acids is 2. The standard InChI is InChI=1S/C16H16N4O4S/c1-23-15(21)14-13-11(12-9-19(14)16(22)20(12)24-25)8-18(17-13)7-10-5-3-2-4-6-10/h2-6,8,12,14,25H,7,9H2,1H3. The Bertz CT molecular complexity index is 825. The average Bonchev–Trinajstić information content (AvgIpc) is 3.16. The third kappa shape index (κ3) is 2.47. The van der Waals surface area contributed by atoms with Crippen LogP contribution in [0.25, 0.3) is 0 Å². The molecule has 1 saturated heterocycles. The van der Waals surface area contributed by atoms with Gasteiger partial charge in [0.2, 0.25) is 0 Å². The lowest BCUT2D eigenvalue weighted by atomic mass is 9.98. The Kier molecular flexibility index (Phi) is 3.89. The van der Waals surface area contributed by atoms with E-state index in [1.165, 1.54) is 12.0 Å². The van der Waals surface area contributed by atoms with Gasteiger partial charge in [0.05, 0.1) is 20.2 Å². The van der Waals surface area contributed by atoms with Crippen molar-refractivity contribution in [2.24, 2.45) is 0 Å². The molecule has 1 aromatic carbocycles. The highest BCUT2D eigenvalue weighted by atomic mass is 32.1. The molecular weight excluding hydrogens is 344 g/mol. The zero-order valence-electron chi connectivity index (χ0n) is 13.4. The Hall–Kier alpha value is -2.52. The highest BCUT2D eigenvalue weighted by Crippen LogP contribution is 2.43. The van der Waals surface area contributed by atoms with Crippen LogP contribution >= 0.6 is 12.9 Å². The number of amides is 2. The zero-order chi connectivity index (χ0) is 17.6. The van der Waals surface area contributed by atoms with Gasteiger partial charge in [-0.1, -0.05) is 30.3 Å². The molecule has 8 nitrogen and oxygen atoms in total. The van der Waals surface area contributed by atoms with E-state index in [0.29, 0.717) is 18.8 Å². The van der Waals surface area contributed by atoms with Crippen LogP contribution in [0.5, 0.6) is 0 Å². The van der Waals surface area contributed by atoms with Crippen molar-refractivity contribution in [3.8, 4) is 0 Å². The first-order chi connectivity index (χ1) is 12.1. The van der Waals surface area contributed by atoms with Crippen molar-refractivity contribution >= 4 is 24.9 Å². The predicted molar refractivity (Wildman–Crippen MR) is 89.3 cm³/mol. The maximum Gasteiger partial charge on any atom is 0.346 e. The van der Waals surface area contributed by atoms with E-state index in [9.17, 15) is 9.59 Å². The molecule has 1 fully saturated rings. The van der Waals surface area contributed by atoms with Crippen LogP contribution in [-0.4, -0.2) is 45.4 Å². The van der Waals surface area contributed by atoms with Gasteiger partial charge in [0, 0.05) is 24.7 Å². The molecule has 130 valence electrons. The van der Waals surface area contributed by atoms with E-state index in [2.05, 4.69) is 18.0 Å². The summed E-state index contributed by atoms with van der Waals surface area (Å²) in [7, 11) is 1.29. The fourth-order valence-electron chi connectivity index (χ4n) is 3.40. The molecule has 2 aromatic rings. The van der Waals surface area contributed by atoms with Crippen molar-refractivity contribution in [2.75, 3.05) is 13.7 Å². The number of thiol groups is 1. The maximum atomic E-state index is 12.4. The fraction of sp³-hybridized carbons (Fsp3) is 0.312. The van der Waals surface area contributed by atoms with Crippen LogP contribution in [0.1, 0.15) is 28.9 Å². The van der Waals surface area contributed by atoms with Gasteiger partial charge >= 0.3 is 12.0 Å². The number of rotatable bonds is 4. The Balaban J connectivity index is 1.75. The molecule has 2 unspecified atom stereocenters. The summed E-state index contributed by atoms with van der Waals surface area (Å²) in [5, 5.41) is 5.71. The molecule has 25 heavy (non-hydrogen) atoms. The minimum Gasteiger partial charge on any atom is -0.467 e. The van der Waals surface area contributed by atoms with E-state index in [1.54, 1.807) is 4.68 Å². The van der Waals surface area contributed by atoms with Crippen LogP contribution in [0.3, 0.4) is 0 Å². The molecule has 0 spiro atoms. The topological polar surface area (TPSA) is 76.9 Å². The summed E-state index contributed by atoms with van der Waals surface area (Å²) in [6, 6.07) is 8.20. The monoisotopic (exact) mass is 360 g/mol. The summed E-state index contributed by atoms with van der Waals surface area (Å²) in [4.78, 5) is 26.1. The Labute approximate surface area is 149 Å². The molecule has 4 rings (SSSR count). The van der Waals surface area contributed by atoms with Gasteiger partial charge in [-0.05, 0) is 5.56 Å². The number of methoxy groups -OCH3 is 1. The Morgan fingerprint density at radius 3 is 2.80 bits per heavy atom. The third-order valence-electron chi connectivity index (χ3n) is 4.54. The number of benzene rings is 1. The largest absolute Gasteiger partial charge is 0.467 e. The Morgan fingerprint density at radius 1 is 1.36 bits per heavy atom. The van der Waals surface area contributed by atoms with Crippen LogP contribution in [-0.2, 0) is 20.4 Å². The molecule has 0 aliphatic carbocycles. The van der Waals surface area contributed by atoms with E-state index in [0.717, 1.165) is 16.2 Å². The lowest BCUT2D eigenvalue weighted by Crippen LogP contribution is -2.39. The average molecular weight is 360 g/mol. The molecule has 1 aromatic heterocycles. The predicted octanol–water partition coefficient (Wildman–Crippen LogP) is 1.71. The first-order valence-corrected chi connectivity index (χ1v) is 8.11. The minimum absolute atomic E-state index is 0.323. The van der Waals surface area contributed by atoms with E-state index in [-0.39, 0.29) is 6.04 Å². The quantitative estimate of drug-likeness (QED) is 0.510. The molecular formula is C16H16N4O4S. The van der Waals surface area contributed by atoms with Crippen molar-refractivity contribution < 1.29 is 18.6 Å². The minimum atomic E-state index is -0.880. The number of aromatic nitrogens is 2. The SMILES string of the molecule is COC(=O)C1c2nn(Cc3ccccc3)cc2C2CN1C(=O)N2OS. The van der Waals surface area contributed by atoms with Gasteiger partial charge in [-0.3, -0.25) is 4.68 Å². The second-order valence-corrected chi connectivity index (χ2v) is 6.10. The summed E-state index contributed by atoms with van der Waals surface area (Å²) in [6.07, 6.45) is 1.85. The normalized spacial score (nSPS) is 21.4. The molecule has 3 heterocycles. The Morgan fingerprint density at radius 2 is 2.12 bits per heavy atom. The molecule has 2 atom stereocenters. The molecule has 0 radical (unpaired) electrons. The molecule has 2 aliphatic rings. The van der Waals surface area contributed by atoms with E-state index < -0.39 is 18.0 Å². The molecule has 2 aliphatic heterocycles. The van der Waals surface area contributed by atoms with Crippen molar-refractivity contribution in [3.63, 3.8) is 0 Å². The first-order valence-electron chi connectivity index (χ1n) is 7.74. The van der Waals surface area contributed by atoms with Gasteiger partial charge in [-0.2, -0.15) is 10.2 Å². The number of nitrogens with zero attached hydrogens (tertiary/aromatic N) is 4. The van der Waals surface area contributed by atoms with Gasteiger partial charge < -0.3 is 9.64 Å². The van der Waals surface area contributed by atoms with E-state index in [4.69, 9.17) is 9.02 Å². The number of esters is 1. The van der Waals surface area contributed by atoms with Gasteiger partial charge in [0.25, 0.3) is 0 Å². The van der Waals surface area contributed by atoms with E-state index in [1.807, 2.05) is 36.5 Å². The number of hydrogen-bond acceptors (Lipinski definition) is 6. The summed E-state index contributed by atoms with van der Waals surface area (Å²) in [5.41, 5.74) is 2.36. The summed E-state index contributed by atoms with van der Waals surface area (Å²) < 4.78 is 11.6. The summed E-state index contributed by atoms with van der Waals surface area (Å²) >= 11 is 3.77. The van der Waals surface area contributed by atoms with Crippen LogP contribution in [0.2, 0.25) is 0 Å². The number of carbonyl (C=O) groups is 2. The van der Waals surface area contributed by atoms with Crippen LogP contribution in [0.4, 0.5) is 4.79 Å². The lowest BCUT2D eigenvalue weighted by Gasteiger charge is -2.27. The highest BCUT2D eigenvalue weighted by Gasteiger charge is 2.53. The maximum absolute atomic E-state index is 12.4. The van der Waals surface area contributed by atoms with Crippen molar-refractivity contribution in [1.29, 1.82) is 0 Å². The molecule has 2 bridgehead atoms. The van der Waals surface area contributed by atoms with Gasteiger partial charge in [0.1, 0.15) is 11.7 Å². The molecule has 0 N–H and O–H groups in total. The van der Waals surface area contributed by atoms with Crippen molar-refractivity contribution in [1.82, 2.24) is 19.7 Å². The lowest BCUT2D eigenvalue weighted by molar-refractivity contribution is -0.146. The number of hydroxylamine groups is 2. The number of hydrogen-bond donors (Lipinski definition) is 1. The molecule has 9 heteroatoms. The summed E-state index contributed by atoms with van der Waals surface area (Å²) in [6.45, 7) is 0.882. The van der Waals surface area contributed by atoms with E-state index >= 15 is 0 Å². The number of ether oxygens (including phenoxy) is 1. The summed E-state index contributed by atoms with van der Waals surface area (Å²) in [5.74, 6) is -0.529. The molecule has 0 saturated carbocycles. The van der Waals surface area contributed by atoms with Crippen LogP contribution < -0.4 is 0 Å². The second kappa shape index (κ2) is 6.08. The number of urea groups is 1. The van der Waals surface area contributed by atoms with Crippen LogP contribution in [0, 0.1) is 0 Å². The second-order valence-electron chi connectivity index (χ2n) is 5.94. The smallest absolute Gasteiger partial charge is 0.346 e. The first kappa shape index (κ1) is 16.0. The molecule has 2 amide bonds. The van der Waals surface area contributed by atoms with Crippen LogP contribution in [0.15, 0.2) is 36.5 Å². The highest BCUT2D eigenvalue weighted by molar-refractivity contribution is 7.75. The van der Waals surface area contributed by atoms with Gasteiger partial charge in [-0.15, -0.1) is 0 Å². The van der Waals surface area contributed by atoms with Gasteiger partial charge in [0.15, 0.2) is 6.04 Å². The zero-order valence-corrected chi connectivity index (χ0v) is 14.3.